The number of hydrogen-bond donors (Lipinski definition) is 1. The van der Waals surface area contributed by atoms with E-state index in [0.29, 0.717) is 11.7 Å². The summed E-state index contributed by atoms with van der Waals surface area (Å²) in [5, 5.41) is 0. The number of pyridine rings is 1. The first-order valence-corrected chi connectivity index (χ1v) is 6.13. The van der Waals surface area contributed by atoms with Crippen molar-refractivity contribution in [3.63, 3.8) is 0 Å². The molecule has 2 aromatic rings. The van der Waals surface area contributed by atoms with Crippen LogP contribution in [0.3, 0.4) is 0 Å². The number of nitrogen functional groups attached to an aromatic ring is 1. The van der Waals surface area contributed by atoms with Crippen LogP contribution in [0, 0.1) is 5.92 Å². The van der Waals surface area contributed by atoms with Crippen molar-refractivity contribution in [3.05, 3.63) is 30.9 Å². The zero-order valence-electron chi connectivity index (χ0n) is 10.1. The molecule has 3 heterocycles. The van der Waals surface area contributed by atoms with Gasteiger partial charge in [-0.25, -0.2) is 9.97 Å². The maximum Gasteiger partial charge on any atom is 0.132 e. The average Bonchev–Trinajstić information content (AvgIpc) is 3.02. The molecular weight excluding hydrogens is 228 g/mol. The monoisotopic (exact) mass is 244 g/mol. The zero-order chi connectivity index (χ0) is 12.4. The van der Waals surface area contributed by atoms with E-state index in [2.05, 4.69) is 14.5 Å². The van der Waals surface area contributed by atoms with Crippen molar-refractivity contribution >= 4 is 5.82 Å². The number of imidazole rings is 1. The fourth-order valence-corrected chi connectivity index (χ4v) is 2.33. The average molecular weight is 244 g/mol. The van der Waals surface area contributed by atoms with E-state index in [1.807, 2.05) is 24.7 Å². The third kappa shape index (κ3) is 2.09. The topological polar surface area (TPSA) is 66.0 Å². The van der Waals surface area contributed by atoms with Gasteiger partial charge in [-0.3, -0.25) is 0 Å². The van der Waals surface area contributed by atoms with Crippen molar-refractivity contribution in [3.8, 4) is 11.3 Å². The lowest BCUT2D eigenvalue weighted by Gasteiger charge is -2.12. The molecule has 0 amide bonds. The van der Waals surface area contributed by atoms with Crippen molar-refractivity contribution in [1.29, 1.82) is 0 Å². The van der Waals surface area contributed by atoms with Gasteiger partial charge in [-0.05, 0) is 18.6 Å². The molecule has 1 fully saturated rings. The minimum absolute atomic E-state index is 0.543. The van der Waals surface area contributed by atoms with Crippen LogP contribution in [0.15, 0.2) is 30.9 Å². The molecule has 5 nitrogen and oxygen atoms in total. The Labute approximate surface area is 106 Å². The van der Waals surface area contributed by atoms with E-state index in [9.17, 15) is 0 Å². The van der Waals surface area contributed by atoms with E-state index < -0.39 is 0 Å². The van der Waals surface area contributed by atoms with Crippen molar-refractivity contribution < 1.29 is 4.74 Å². The molecule has 1 unspecified atom stereocenters. The molecule has 94 valence electrons. The van der Waals surface area contributed by atoms with Crippen LogP contribution in [0.4, 0.5) is 5.82 Å². The maximum absolute atomic E-state index is 5.91. The van der Waals surface area contributed by atoms with Gasteiger partial charge in [0.15, 0.2) is 0 Å². The number of anilines is 1. The molecule has 3 rings (SSSR count). The Bertz CT molecular complexity index is 531. The van der Waals surface area contributed by atoms with Crippen LogP contribution in [-0.4, -0.2) is 27.7 Å². The number of aromatic nitrogens is 3. The molecule has 0 spiro atoms. The van der Waals surface area contributed by atoms with E-state index in [-0.39, 0.29) is 0 Å². The van der Waals surface area contributed by atoms with Crippen LogP contribution >= 0.6 is 0 Å². The quantitative estimate of drug-likeness (QED) is 0.889. The van der Waals surface area contributed by atoms with Gasteiger partial charge >= 0.3 is 0 Å². The summed E-state index contributed by atoms with van der Waals surface area (Å²) in [7, 11) is 0. The van der Waals surface area contributed by atoms with Crippen LogP contribution < -0.4 is 5.73 Å². The van der Waals surface area contributed by atoms with Crippen LogP contribution in [0.5, 0.6) is 0 Å². The summed E-state index contributed by atoms with van der Waals surface area (Å²) in [4.78, 5) is 8.34. The van der Waals surface area contributed by atoms with Gasteiger partial charge in [0.05, 0.1) is 24.8 Å². The minimum Gasteiger partial charge on any atom is -0.383 e. The van der Waals surface area contributed by atoms with Crippen molar-refractivity contribution in [1.82, 2.24) is 14.5 Å². The first-order valence-electron chi connectivity index (χ1n) is 6.13. The van der Waals surface area contributed by atoms with Gasteiger partial charge in [-0.2, -0.15) is 0 Å². The van der Waals surface area contributed by atoms with Crippen molar-refractivity contribution in [2.75, 3.05) is 18.9 Å². The Morgan fingerprint density at radius 1 is 1.50 bits per heavy atom. The summed E-state index contributed by atoms with van der Waals surface area (Å²) in [6.45, 7) is 2.62. The molecule has 0 aliphatic carbocycles. The van der Waals surface area contributed by atoms with Gasteiger partial charge < -0.3 is 15.0 Å². The predicted octanol–water partition coefficient (Wildman–Crippen LogP) is 1.56. The maximum atomic E-state index is 5.91. The van der Waals surface area contributed by atoms with Gasteiger partial charge in [0.2, 0.25) is 0 Å². The predicted molar refractivity (Wildman–Crippen MR) is 68.8 cm³/mol. The Balaban J connectivity index is 1.89. The normalized spacial score (nSPS) is 19.2. The van der Waals surface area contributed by atoms with Crippen LogP contribution in [0.25, 0.3) is 11.3 Å². The Kier molecular flexibility index (Phi) is 2.98. The van der Waals surface area contributed by atoms with Crippen LogP contribution in [0.2, 0.25) is 0 Å². The van der Waals surface area contributed by atoms with E-state index in [1.165, 1.54) is 0 Å². The van der Waals surface area contributed by atoms with Gasteiger partial charge in [-0.1, -0.05) is 0 Å². The summed E-state index contributed by atoms with van der Waals surface area (Å²) < 4.78 is 7.54. The molecule has 1 aliphatic rings. The fourth-order valence-electron chi connectivity index (χ4n) is 2.33. The third-order valence-corrected chi connectivity index (χ3v) is 3.31. The Hall–Kier alpha value is -1.88. The van der Waals surface area contributed by atoms with Gasteiger partial charge in [0.1, 0.15) is 5.82 Å². The van der Waals surface area contributed by atoms with E-state index >= 15 is 0 Å². The van der Waals surface area contributed by atoms with Gasteiger partial charge in [-0.15, -0.1) is 0 Å². The summed E-state index contributed by atoms with van der Waals surface area (Å²) in [6, 6.07) is 3.86. The van der Waals surface area contributed by atoms with Crippen molar-refractivity contribution in [2.24, 2.45) is 5.92 Å². The highest BCUT2D eigenvalue weighted by atomic mass is 16.5. The molecule has 0 saturated carbocycles. The first kappa shape index (κ1) is 11.2. The molecule has 1 aliphatic heterocycles. The van der Waals surface area contributed by atoms with Crippen LogP contribution in [-0.2, 0) is 11.3 Å². The second-order valence-electron chi connectivity index (χ2n) is 4.60. The molecule has 2 aromatic heterocycles. The Morgan fingerprint density at radius 2 is 2.44 bits per heavy atom. The molecule has 1 atom stereocenters. The van der Waals surface area contributed by atoms with Crippen LogP contribution in [0.1, 0.15) is 6.42 Å². The number of nitrogens with zero attached hydrogens (tertiary/aromatic N) is 3. The number of rotatable bonds is 3. The molecule has 1 saturated heterocycles. The summed E-state index contributed by atoms with van der Waals surface area (Å²) in [5.74, 6) is 1.11. The first-order chi connectivity index (χ1) is 8.84. The SMILES string of the molecule is Nc1ncccc1-c1cncn1CC1CCOC1. The molecule has 0 aromatic carbocycles. The van der Waals surface area contributed by atoms with E-state index in [1.54, 1.807) is 6.20 Å². The fraction of sp³-hybridized carbons (Fsp3) is 0.385. The summed E-state index contributed by atoms with van der Waals surface area (Å²) in [6.07, 6.45) is 6.49. The van der Waals surface area contributed by atoms with Gasteiger partial charge in [0, 0.05) is 30.8 Å². The van der Waals surface area contributed by atoms with Crippen molar-refractivity contribution in [2.45, 2.75) is 13.0 Å². The lowest BCUT2D eigenvalue weighted by Crippen LogP contribution is -2.11. The molecule has 0 radical (unpaired) electrons. The molecular formula is C13H16N4O. The number of hydrogen-bond acceptors (Lipinski definition) is 4. The standard InChI is InChI=1S/C13H16N4O/c14-13-11(2-1-4-16-13)12-6-15-9-17(12)7-10-3-5-18-8-10/h1-2,4,6,9-10H,3,5,7-8H2,(H2,14,16). The second kappa shape index (κ2) is 4.78. The molecule has 18 heavy (non-hydrogen) atoms. The summed E-state index contributed by atoms with van der Waals surface area (Å²) in [5.41, 5.74) is 7.87. The second-order valence-corrected chi connectivity index (χ2v) is 4.60. The Morgan fingerprint density at radius 3 is 3.22 bits per heavy atom. The lowest BCUT2D eigenvalue weighted by atomic mass is 10.1. The third-order valence-electron chi connectivity index (χ3n) is 3.31. The number of ether oxygens (including phenoxy) is 1. The molecule has 5 heteroatoms. The lowest BCUT2D eigenvalue weighted by molar-refractivity contribution is 0.182. The van der Waals surface area contributed by atoms with E-state index in [0.717, 1.165) is 37.4 Å². The highest BCUT2D eigenvalue weighted by Crippen LogP contribution is 2.25. The molecule has 0 bridgehead atoms. The highest BCUT2D eigenvalue weighted by molar-refractivity contribution is 5.70. The van der Waals surface area contributed by atoms with Gasteiger partial charge in [0.25, 0.3) is 0 Å². The zero-order valence-corrected chi connectivity index (χ0v) is 10.1. The molecule has 2 N–H and O–H groups in total. The highest BCUT2D eigenvalue weighted by Gasteiger charge is 2.18. The van der Waals surface area contributed by atoms with E-state index in [4.69, 9.17) is 10.5 Å². The number of nitrogens with two attached hydrogens (primary N) is 1. The smallest absolute Gasteiger partial charge is 0.132 e. The largest absolute Gasteiger partial charge is 0.383 e. The summed E-state index contributed by atoms with van der Waals surface area (Å²) >= 11 is 0. The minimum atomic E-state index is 0.543.